The third-order valence-corrected chi connectivity index (χ3v) is 3.62. The van der Waals surface area contributed by atoms with Crippen molar-refractivity contribution in [2.24, 2.45) is 0 Å². The number of nitrogens with zero attached hydrogens (tertiary/aromatic N) is 4. The van der Waals surface area contributed by atoms with Gasteiger partial charge in [0.1, 0.15) is 5.82 Å². The second kappa shape index (κ2) is 5.69. The molecule has 0 amide bonds. The molecule has 6 nitrogen and oxygen atoms in total. The lowest BCUT2D eigenvalue weighted by Gasteiger charge is -2.03. The van der Waals surface area contributed by atoms with Gasteiger partial charge in [0.25, 0.3) is 11.4 Å². The van der Waals surface area contributed by atoms with Crippen LogP contribution in [0, 0.1) is 5.82 Å². The Kier molecular flexibility index (Phi) is 3.38. The average molecular weight is 322 g/mol. The summed E-state index contributed by atoms with van der Waals surface area (Å²) < 4.78 is 20.2. The third kappa shape index (κ3) is 2.45. The second-order valence-corrected chi connectivity index (χ2v) is 5.19. The van der Waals surface area contributed by atoms with Crippen molar-refractivity contribution >= 4 is 10.9 Å². The SMILES string of the molecule is O=c1c2ccccc2ncn1Cc1noc(-c2ccccc2F)n1. The Labute approximate surface area is 135 Å². The summed E-state index contributed by atoms with van der Waals surface area (Å²) in [7, 11) is 0. The highest BCUT2D eigenvalue weighted by atomic mass is 19.1. The van der Waals surface area contributed by atoms with E-state index in [1.54, 1.807) is 36.4 Å². The van der Waals surface area contributed by atoms with Crippen LogP contribution in [0.3, 0.4) is 0 Å². The molecule has 4 aromatic rings. The molecule has 0 saturated heterocycles. The summed E-state index contributed by atoms with van der Waals surface area (Å²) in [5.41, 5.74) is 0.650. The molecule has 0 N–H and O–H groups in total. The molecule has 118 valence electrons. The molecular formula is C17H11FN4O2. The smallest absolute Gasteiger partial charge is 0.261 e. The predicted molar refractivity (Wildman–Crippen MR) is 84.8 cm³/mol. The number of rotatable bonds is 3. The fraction of sp³-hybridized carbons (Fsp3) is 0.0588. The Morgan fingerprint density at radius 2 is 1.88 bits per heavy atom. The van der Waals surface area contributed by atoms with E-state index in [2.05, 4.69) is 15.1 Å². The molecule has 0 fully saturated rings. The minimum absolute atomic E-state index is 0.0740. The number of benzene rings is 2. The lowest BCUT2D eigenvalue weighted by molar-refractivity contribution is 0.418. The van der Waals surface area contributed by atoms with Gasteiger partial charge in [-0.05, 0) is 24.3 Å². The third-order valence-electron chi connectivity index (χ3n) is 3.62. The molecule has 0 unspecified atom stereocenters. The number of hydrogen-bond donors (Lipinski definition) is 0. The van der Waals surface area contributed by atoms with E-state index in [0.29, 0.717) is 10.9 Å². The van der Waals surface area contributed by atoms with Gasteiger partial charge in [-0.3, -0.25) is 9.36 Å². The molecular weight excluding hydrogens is 311 g/mol. The van der Waals surface area contributed by atoms with Crippen LogP contribution in [0.15, 0.2) is 64.2 Å². The van der Waals surface area contributed by atoms with Crippen molar-refractivity contribution in [1.29, 1.82) is 0 Å². The summed E-state index contributed by atoms with van der Waals surface area (Å²) in [6.45, 7) is 0.0919. The largest absolute Gasteiger partial charge is 0.334 e. The zero-order valence-corrected chi connectivity index (χ0v) is 12.4. The van der Waals surface area contributed by atoms with Gasteiger partial charge in [-0.2, -0.15) is 4.98 Å². The van der Waals surface area contributed by atoms with Crippen LogP contribution < -0.4 is 5.56 Å². The van der Waals surface area contributed by atoms with E-state index in [1.807, 2.05) is 6.07 Å². The van der Waals surface area contributed by atoms with E-state index in [9.17, 15) is 9.18 Å². The van der Waals surface area contributed by atoms with E-state index in [0.717, 1.165) is 0 Å². The topological polar surface area (TPSA) is 73.8 Å². The maximum atomic E-state index is 13.8. The average Bonchev–Trinajstić information content (AvgIpc) is 3.06. The first-order valence-electron chi connectivity index (χ1n) is 7.24. The second-order valence-electron chi connectivity index (χ2n) is 5.19. The maximum Gasteiger partial charge on any atom is 0.261 e. The molecule has 0 aliphatic rings. The molecule has 4 rings (SSSR count). The number of hydrogen-bond acceptors (Lipinski definition) is 5. The zero-order valence-electron chi connectivity index (χ0n) is 12.4. The summed E-state index contributed by atoms with van der Waals surface area (Å²) in [6, 6.07) is 13.2. The van der Waals surface area contributed by atoms with Crippen molar-refractivity contribution in [3.8, 4) is 11.5 Å². The number of aromatic nitrogens is 4. The Bertz CT molecular complexity index is 1090. The first-order valence-corrected chi connectivity index (χ1v) is 7.24. The van der Waals surface area contributed by atoms with E-state index in [1.165, 1.54) is 17.0 Å². The van der Waals surface area contributed by atoms with Crippen molar-refractivity contribution in [2.75, 3.05) is 0 Å². The molecule has 7 heteroatoms. The number of fused-ring (bicyclic) bond motifs is 1. The lowest BCUT2D eigenvalue weighted by atomic mass is 10.2. The van der Waals surface area contributed by atoms with Crippen molar-refractivity contribution in [3.63, 3.8) is 0 Å². The Hall–Kier alpha value is -3.35. The van der Waals surface area contributed by atoms with Gasteiger partial charge in [0.05, 0.1) is 29.3 Å². The summed E-state index contributed by atoms with van der Waals surface area (Å²) in [5, 5.41) is 4.32. The zero-order chi connectivity index (χ0) is 16.5. The van der Waals surface area contributed by atoms with Gasteiger partial charge in [0.15, 0.2) is 5.82 Å². The molecule has 0 aliphatic heterocycles. The predicted octanol–water partition coefficient (Wildman–Crippen LogP) is 2.63. The van der Waals surface area contributed by atoms with Gasteiger partial charge in [-0.15, -0.1) is 0 Å². The van der Waals surface area contributed by atoms with Crippen LogP contribution in [-0.4, -0.2) is 19.7 Å². The van der Waals surface area contributed by atoms with Crippen LogP contribution >= 0.6 is 0 Å². The number of para-hydroxylation sites is 1. The standard InChI is InChI=1S/C17H11FN4O2/c18-13-7-3-1-5-11(13)16-20-15(21-24-16)9-22-10-19-14-8-4-2-6-12(14)17(22)23/h1-8,10H,9H2. The molecule has 0 bridgehead atoms. The lowest BCUT2D eigenvalue weighted by Crippen LogP contribution is -2.21. The molecule has 2 aromatic heterocycles. The number of halogens is 1. The van der Waals surface area contributed by atoms with E-state index in [-0.39, 0.29) is 29.4 Å². The van der Waals surface area contributed by atoms with Gasteiger partial charge in [-0.25, -0.2) is 9.37 Å². The van der Waals surface area contributed by atoms with Crippen LogP contribution in [-0.2, 0) is 6.54 Å². The highest BCUT2D eigenvalue weighted by molar-refractivity contribution is 5.76. The minimum Gasteiger partial charge on any atom is -0.334 e. The van der Waals surface area contributed by atoms with E-state index < -0.39 is 5.82 Å². The summed E-state index contributed by atoms with van der Waals surface area (Å²) in [6.07, 6.45) is 1.43. The van der Waals surface area contributed by atoms with Crippen molar-refractivity contribution in [1.82, 2.24) is 19.7 Å². The molecule has 2 heterocycles. The van der Waals surface area contributed by atoms with Crippen LogP contribution in [0.5, 0.6) is 0 Å². The fourth-order valence-corrected chi connectivity index (χ4v) is 2.43. The summed E-state index contributed by atoms with van der Waals surface area (Å²) >= 11 is 0. The monoisotopic (exact) mass is 322 g/mol. The molecule has 0 aliphatic carbocycles. The summed E-state index contributed by atoms with van der Waals surface area (Å²) in [4.78, 5) is 20.8. The highest BCUT2D eigenvalue weighted by Gasteiger charge is 2.13. The van der Waals surface area contributed by atoms with Gasteiger partial charge < -0.3 is 4.52 Å². The fourth-order valence-electron chi connectivity index (χ4n) is 2.43. The molecule has 2 aromatic carbocycles. The van der Waals surface area contributed by atoms with Crippen molar-refractivity contribution < 1.29 is 8.91 Å². The normalized spacial score (nSPS) is 11.0. The molecule has 24 heavy (non-hydrogen) atoms. The Balaban J connectivity index is 1.69. The van der Waals surface area contributed by atoms with Crippen molar-refractivity contribution in [2.45, 2.75) is 6.54 Å². The molecule has 0 saturated carbocycles. The highest BCUT2D eigenvalue weighted by Crippen LogP contribution is 2.20. The first kappa shape index (κ1) is 14.3. The molecule has 0 atom stereocenters. The Morgan fingerprint density at radius 3 is 2.75 bits per heavy atom. The van der Waals surface area contributed by atoms with Crippen LogP contribution in [0.2, 0.25) is 0 Å². The minimum atomic E-state index is -0.447. The first-order chi connectivity index (χ1) is 11.7. The van der Waals surface area contributed by atoms with E-state index >= 15 is 0 Å². The summed E-state index contributed by atoms with van der Waals surface area (Å²) in [5.74, 6) is -0.102. The van der Waals surface area contributed by atoms with Crippen LogP contribution in [0.25, 0.3) is 22.4 Å². The van der Waals surface area contributed by atoms with Gasteiger partial charge in [-0.1, -0.05) is 29.4 Å². The van der Waals surface area contributed by atoms with Gasteiger partial charge >= 0.3 is 0 Å². The van der Waals surface area contributed by atoms with E-state index in [4.69, 9.17) is 4.52 Å². The van der Waals surface area contributed by atoms with Crippen LogP contribution in [0.4, 0.5) is 4.39 Å². The van der Waals surface area contributed by atoms with Crippen molar-refractivity contribution in [3.05, 3.63) is 76.9 Å². The van der Waals surface area contributed by atoms with Crippen LogP contribution in [0.1, 0.15) is 5.82 Å². The maximum absolute atomic E-state index is 13.8. The van der Waals surface area contributed by atoms with Gasteiger partial charge in [0, 0.05) is 0 Å². The van der Waals surface area contributed by atoms with Gasteiger partial charge in [0.2, 0.25) is 0 Å². The Morgan fingerprint density at radius 1 is 1.08 bits per heavy atom. The molecule has 0 radical (unpaired) electrons. The molecule has 0 spiro atoms. The quantitative estimate of drug-likeness (QED) is 0.580.